The van der Waals surface area contributed by atoms with Crippen LogP contribution in [-0.4, -0.2) is 19.9 Å². The molecule has 3 aromatic heterocycles. The first kappa shape index (κ1) is 22.0. The maximum absolute atomic E-state index is 5.08. The Morgan fingerprint density at radius 1 is 0.487 bits per heavy atom. The van der Waals surface area contributed by atoms with E-state index >= 15 is 0 Å². The van der Waals surface area contributed by atoms with Gasteiger partial charge in [-0.25, -0.2) is 15.0 Å². The molecule has 39 heavy (non-hydrogen) atoms. The summed E-state index contributed by atoms with van der Waals surface area (Å²) >= 11 is 1.80. The fraction of sp³-hybridized carbons (Fsp3) is 0. The zero-order chi connectivity index (χ0) is 25.8. The average molecular weight is 517 g/mol. The number of rotatable bonds is 3. The van der Waals surface area contributed by atoms with Crippen LogP contribution in [0.4, 0.5) is 0 Å². The Kier molecular flexibility index (Phi) is 4.96. The third-order valence-electron chi connectivity index (χ3n) is 7.19. The van der Waals surface area contributed by atoms with E-state index in [4.69, 9.17) is 15.0 Å². The minimum absolute atomic E-state index is 0.651. The molecular weight excluding hydrogens is 496 g/mol. The number of hydrogen-bond acceptors (Lipinski definition) is 5. The molecule has 0 N–H and O–H groups in total. The molecule has 0 saturated heterocycles. The number of nitrogens with zero attached hydrogens (tertiary/aromatic N) is 4. The summed E-state index contributed by atoms with van der Waals surface area (Å²) in [6.45, 7) is 0. The summed E-state index contributed by atoms with van der Waals surface area (Å²) in [5.41, 5.74) is 2.92. The molecular formula is C34H20N4S. The van der Waals surface area contributed by atoms with Crippen LogP contribution in [0.2, 0.25) is 0 Å². The highest BCUT2D eigenvalue weighted by atomic mass is 32.1. The van der Waals surface area contributed by atoms with Crippen LogP contribution in [0, 0.1) is 0 Å². The van der Waals surface area contributed by atoms with Crippen molar-refractivity contribution in [1.29, 1.82) is 0 Å². The van der Waals surface area contributed by atoms with Crippen LogP contribution in [0.1, 0.15) is 0 Å². The molecule has 0 atom stereocenters. The maximum Gasteiger partial charge on any atom is 0.164 e. The highest BCUT2D eigenvalue weighted by Gasteiger charge is 2.17. The van der Waals surface area contributed by atoms with E-state index in [-0.39, 0.29) is 0 Å². The van der Waals surface area contributed by atoms with Crippen molar-refractivity contribution in [1.82, 2.24) is 19.9 Å². The molecule has 0 unspecified atom stereocenters. The molecule has 0 aliphatic heterocycles. The summed E-state index contributed by atoms with van der Waals surface area (Å²) in [6.07, 6.45) is 3.69. The van der Waals surface area contributed by atoms with Crippen molar-refractivity contribution in [3.8, 4) is 34.2 Å². The van der Waals surface area contributed by atoms with E-state index in [1.165, 1.54) is 25.6 Å². The molecule has 0 spiro atoms. The van der Waals surface area contributed by atoms with E-state index in [0.717, 1.165) is 32.8 Å². The normalized spacial score (nSPS) is 11.6. The third kappa shape index (κ3) is 3.75. The Morgan fingerprint density at radius 2 is 1.15 bits per heavy atom. The predicted molar refractivity (Wildman–Crippen MR) is 162 cm³/mol. The second kappa shape index (κ2) is 8.79. The van der Waals surface area contributed by atoms with E-state index in [1.807, 2.05) is 18.5 Å². The van der Waals surface area contributed by atoms with Gasteiger partial charge in [0.15, 0.2) is 17.5 Å². The first-order valence-electron chi connectivity index (χ1n) is 12.8. The number of hydrogen-bond donors (Lipinski definition) is 0. The Morgan fingerprint density at radius 3 is 2.00 bits per heavy atom. The van der Waals surface area contributed by atoms with Gasteiger partial charge in [0.1, 0.15) is 0 Å². The maximum atomic E-state index is 5.08. The van der Waals surface area contributed by atoms with E-state index in [0.29, 0.717) is 17.5 Å². The van der Waals surface area contributed by atoms with Gasteiger partial charge in [-0.3, -0.25) is 4.98 Å². The molecule has 0 aliphatic rings. The van der Waals surface area contributed by atoms with Crippen molar-refractivity contribution in [2.75, 3.05) is 0 Å². The van der Waals surface area contributed by atoms with Crippen LogP contribution >= 0.6 is 11.3 Å². The third-order valence-corrected chi connectivity index (χ3v) is 8.32. The van der Waals surface area contributed by atoms with Crippen LogP contribution in [-0.2, 0) is 0 Å². The van der Waals surface area contributed by atoms with E-state index in [9.17, 15) is 0 Å². The molecule has 0 amide bonds. The molecule has 0 bridgehead atoms. The molecule has 4 nitrogen and oxygen atoms in total. The van der Waals surface area contributed by atoms with Gasteiger partial charge in [-0.1, -0.05) is 78.9 Å². The number of fused-ring (bicyclic) bond motifs is 5. The van der Waals surface area contributed by atoms with E-state index < -0.39 is 0 Å². The van der Waals surface area contributed by atoms with Gasteiger partial charge in [-0.2, -0.15) is 0 Å². The lowest BCUT2D eigenvalue weighted by Crippen LogP contribution is -2.00. The molecule has 0 fully saturated rings. The highest BCUT2D eigenvalue weighted by molar-refractivity contribution is 7.25. The summed E-state index contributed by atoms with van der Waals surface area (Å²) in [6, 6.07) is 37.9. The monoisotopic (exact) mass is 516 g/mol. The van der Waals surface area contributed by atoms with Crippen molar-refractivity contribution < 1.29 is 0 Å². The molecule has 3 heterocycles. The summed E-state index contributed by atoms with van der Waals surface area (Å²) in [5, 5.41) is 6.93. The lowest BCUT2D eigenvalue weighted by molar-refractivity contribution is 1.08. The van der Waals surface area contributed by atoms with Gasteiger partial charge in [0.25, 0.3) is 0 Å². The lowest BCUT2D eigenvalue weighted by Gasteiger charge is -2.10. The molecule has 182 valence electrons. The van der Waals surface area contributed by atoms with Crippen molar-refractivity contribution in [2.45, 2.75) is 0 Å². The number of aromatic nitrogens is 4. The van der Waals surface area contributed by atoms with Crippen molar-refractivity contribution in [2.24, 2.45) is 0 Å². The molecule has 0 saturated carbocycles. The Hall–Kier alpha value is -5.00. The zero-order valence-corrected chi connectivity index (χ0v) is 21.6. The van der Waals surface area contributed by atoms with Crippen LogP contribution in [0.15, 0.2) is 122 Å². The van der Waals surface area contributed by atoms with Crippen LogP contribution in [0.5, 0.6) is 0 Å². The molecule has 5 heteroatoms. The second-order valence-corrected chi connectivity index (χ2v) is 10.7. The lowest BCUT2D eigenvalue weighted by atomic mass is 10.0. The quantitative estimate of drug-likeness (QED) is 0.235. The van der Waals surface area contributed by atoms with Gasteiger partial charge in [0.2, 0.25) is 0 Å². The Bertz CT molecular complexity index is 2100. The molecule has 8 aromatic rings. The number of benzene rings is 5. The average Bonchev–Trinajstić information content (AvgIpc) is 3.39. The summed E-state index contributed by atoms with van der Waals surface area (Å²) < 4.78 is 2.48. The van der Waals surface area contributed by atoms with Crippen molar-refractivity contribution in [3.05, 3.63) is 122 Å². The van der Waals surface area contributed by atoms with Gasteiger partial charge in [0, 0.05) is 54.6 Å². The molecule has 8 rings (SSSR count). The SMILES string of the molecule is c1ccc2cc(-c3nc(-c4ccc5cnccc5c4)nc(-c4cccc5sc6ccccc6c45)n3)ccc2c1. The zero-order valence-electron chi connectivity index (χ0n) is 20.7. The Labute approximate surface area is 228 Å². The van der Waals surface area contributed by atoms with Crippen LogP contribution in [0.25, 0.3) is 75.9 Å². The smallest absolute Gasteiger partial charge is 0.164 e. The van der Waals surface area contributed by atoms with Gasteiger partial charge in [-0.15, -0.1) is 11.3 Å². The molecule has 0 radical (unpaired) electrons. The first-order chi connectivity index (χ1) is 19.3. The Balaban J connectivity index is 1.40. The van der Waals surface area contributed by atoms with Gasteiger partial charge >= 0.3 is 0 Å². The summed E-state index contributed by atoms with van der Waals surface area (Å²) in [5.74, 6) is 1.98. The van der Waals surface area contributed by atoms with Gasteiger partial charge < -0.3 is 0 Å². The summed E-state index contributed by atoms with van der Waals surface area (Å²) in [4.78, 5) is 19.4. The number of pyridine rings is 1. The van der Waals surface area contributed by atoms with E-state index in [2.05, 4.69) is 108 Å². The van der Waals surface area contributed by atoms with Crippen LogP contribution < -0.4 is 0 Å². The second-order valence-electron chi connectivity index (χ2n) is 9.58. The largest absolute Gasteiger partial charge is 0.264 e. The fourth-order valence-corrected chi connectivity index (χ4v) is 6.40. The fourth-order valence-electron chi connectivity index (χ4n) is 5.27. The minimum Gasteiger partial charge on any atom is -0.264 e. The van der Waals surface area contributed by atoms with Crippen LogP contribution in [0.3, 0.4) is 0 Å². The summed E-state index contributed by atoms with van der Waals surface area (Å²) in [7, 11) is 0. The van der Waals surface area contributed by atoms with E-state index in [1.54, 1.807) is 11.3 Å². The standard InChI is InChI=1S/C34H20N4S/c1-2-7-22-18-24(13-12-21(22)6-1)32-36-33(25-14-15-26-20-35-17-16-23(26)19-25)38-34(37-32)28-9-5-11-30-31(28)27-8-3-4-10-29(27)39-30/h1-20H. The highest BCUT2D eigenvalue weighted by Crippen LogP contribution is 2.39. The predicted octanol–water partition coefficient (Wildman–Crippen LogP) is 8.94. The van der Waals surface area contributed by atoms with Crippen molar-refractivity contribution in [3.63, 3.8) is 0 Å². The molecule has 0 aliphatic carbocycles. The van der Waals surface area contributed by atoms with Gasteiger partial charge in [0.05, 0.1) is 0 Å². The first-order valence-corrected chi connectivity index (χ1v) is 13.6. The topological polar surface area (TPSA) is 51.6 Å². The van der Waals surface area contributed by atoms with Crippen molar-refractivity contribution >= 4 is 53.1 Å². The molecule has 5 aromatic carbocycles. The minimum atomic E-state index is 0.651. The number of thiophene rings is 1. The van der Waals surface area contributed by atoms with Gasteiger partial charge in [-0.05, 0) is 46.5 Å².